The Balaban J connectivity index is 1.24. The molecule has 0 bridgehead atoms. The van der Waals surface area contributed by atoms with Gasteiger partial charge in [0.05, 0.1) is 12.6 Å². The number of aryl methyl sites for hydroxylation is 1. The molecular formula is C26H28N2O3. The SMILES string of the molecule is COc1ccc2cc(-c3ccc(OC4CCN(C(=O)C5CC5)CC4)cc3)cnc2c1C. The number of benzene rings is 2. The molecule has 2 fully saturated rings. The molecule has 3 aromatic rings. The van der Waals surface area contributed by atoms with E-state index in [0.717, 1.165) is 77.9 Å². The molecule has 1 aliphatic heterocycles. The molecule has 0 atom stereocenters. The molecule has 0 N–H and O–H groups in total. The molecule has 1 aliphatic carbocycles. The number of likely N-dealkylation sites (tertiary alicyclic amines) is 1. The third-order valence-corrected chi connectivity index (χ3v) is 6.45. The Labute approximate surface area is 183 Å². The van der Waals surface area contributed by atoms with E-state index < -0.39 is 0 Å². The average Bonchev–Trinajstić information content (AvgIpc) is 3.65. The topological polar surface area (TPSA) is 51.7 Å². The van der Waals surface area contributed by atoms with Crippen LogP contribution in [-0.4, -0.2) is 42.1 Å². The summed E-state index contributed by atoms with van der Waals surface area (Å²) in [6.45, 7) is 3.66. The number of piperidine rings is 1. The highest BCUT2D eigenvalue weighted by atomic mass is 16.5. The van der Waals surface area contributed by atoms with E-state index in [1.54, 1.807) is 7.11 Å². The minimum Gasteiger partial charge on any atom is -0.496 e. The third kappa shape index (κ3) is 4.09. The van der Waals surface area contributed by atoms with Gasteiger partial charge in [-0.2, -0.15) is 0 Å². The van der Waals surface area contributed by atoms with Gasteiger partial charge in [-0.25, -0.2) is 0 Å². The highest BCUT2D eigenvalue weighted by Gasteiger charge is 2.35. The van der Waals surface area contributed by atoms with E-state index in [1.807, 2.05) is 36.2 Å². The zero-order valence-corrected chi connectivity index (χ0v) is 18.1. The summed E-state index contributed by atoms with van der Waals surface area (Å²) < 4.78 is 11.6. The van der Waals surface area contributed by atoms with E-state index in [9.17, 15) is 4.79 Å². The van der Waals surface area contributed by atoms with Crippen LogP contribution in [0.15, 0.2) is 48.7 Å². The Morgan fingerprint density at radius 2 is 1.74 bits per heavy atom. The predicted octanol–water partition coefficient (Wildman–Crippen LogP) is 5.00. The van der Waals surface area contributed by atoms with E-state index in [4.69, 9.17) is 9.47 Å². The van der Waals surface area contributed by atoms with E-state index in [-0.39, 0.29) is 6.10 Å². The van der Waals surface area contributed by atoms with Gasteiger partial charge < -0.3 is 14.4 Å². The number of aromatic nitrogens is 1. The average molecular weight is 417 g/mol. The van der Waals surface area contributed by atoms with E-state index in [1.165, 1.54) is 0 Å². The van der Waals surface area contributed by atoms with Crippen LogP contribution < -0.4 is 9.47 Å². The summed E-state index contributed by atoms with van der Waals surface area (Å²) in [6, 6.07) is 14.4. The van der Waals surface area contributed by atoms with Gasteiger partial charge in [0.15, 0.2) is 0 Å². The number of hydrogen-bond acceptors (Lipinski definition) is 4. The Hall–Kier alpha value is -3.08. The van der Waals surface area contributed by atoms with Gasteiger partial charge in [0, 0.05) is 54.6 Å². The van der Waals surface area contributed by atoms with Crippen LogP contribution in [-0.2, 0) is 4.79 Å². The summed E-state index contributed by atoms with van der Waals surface area (Å²) in [6.07, 6.45) is 6.03. The zero-order valence-electron chi connectivity index (χ0n) is 18.1. The first-order valence-electron chi connectivity index (χ1n) is 11.1. The Kier molecular flexibility index (Phi) is 5.26. The first-order valence-corrected chi connectivity index (χ1v) is 11.1. The van der Waals surface area contributed by atoms with E-state index in [0.29, 0.717) is 11.8 Å². The van der Waals surface area contributed by atoms with Gasteiger partial charge in [-0.1, -0.05) is 12.1 Å². The van der Waals surface area contributed by atoms with Crippen molar-refractivity contribution < 1.29 is 14.3 Å². The van der Waals surface area contributed by atoms with Gasteiger partial charge in [0.25, 0.3) is 0 Å². The molecule has 1 aromatic heterocycles. The Morgan fingerprint density at radius 1 is 1.00 bits per heavy atom. The monoisotopic (exact) mass is 416 g/mol. The molecule has 2 aromatic carbocycles. The molecule has 5 heteroatoms. The fraction of sp³-hybridized carbons (Fsp3) is 0.385. The molecule has 0 unspecified atom stereocenters. The molecule has 0 spiro atoms. The predicted molar refractivity (Wildman–Crippen MR) is 121 cm³/mol. The minimum absolute atomic E-state index is 0.175. The van der Waals surface area contributed by atoms with Crippen molar-refractivity contribution >= 4 is 16.8 Å². The van der Waals surface area contributed by atoms with Crippen molar-refractivity contribution in [3.63, 3.8) is 0 Å². The van der Waals surface area contributed by atoms with Gasteiger partial charge in [-0.15, -0.1) is 0 Å². The van der Waals surface area contributed by atoms with Crippen molar-refractivity contribution in [1.82, 2.24) is 9.88 Å². The fourth-order valence-electron chi connectivity index (χ4n) is 4.41. The van der Waals surface area contributed by atoms with Crippen LogP contribution in [0, 0.1) is 12.8 Å². The summed E-state index contributed by atoms with van der Waals surface area (Å²) in [5.74, 6) is 2.39. The molecule has 1 saturated carbocycles. The number of amides is 1. The van der Waals surface area contributed by atoms with Crippen LogP contribution in [0.1, 0.15) is 31.2 Å². The van der Waals surface area contributed by atoms with Crippen LogP contribution in [0.5, 0.6) is 11.5 Å². The molecule has 5 rings (SSSR count). The van der Waals surface area contributed by atoms with Crippen LogP contribution in [0.4, 0.5) is 0 Å². The van der Waals surface area contributed by atoms with Crippen LogP contribution in [0.25, 0.3) is 22.0 Å². The van der Waals surface area contributed by atoms with Gasteiger partial charge in [0.2, 0.25) is 5.91 Å². The number of rotatable bonds is 5. The van der Waals surface area contributed by atoms with Gasteiger partial charge in [0.1, 0.15) is 17.6 Å². The molecule has 5 nitrogen and oxygen atoms in total. The number of carbonyl (C=O) groups is 1. The van der Waals surface area contributed by atoms with E-state index >= 15 is 0 Å². The van der Waals surface area contributed by atoms with Crippen molar-refractivity contribution in [2.24, 2.45) is 5.92 Å². The maximum Gasteiger partial charge on any atom is 0.225 e. The van der Waals surface area contributed by atoms with Crippen molar-refractivity contribution in [3.05, 3.63) is 54.2 Å². The second-order valence-electron chi connectivity index (χ2n) is 8.63. The second-order valence-corrected chi connectivity index (χ2v) is 8.63. The molecule has 1 amide bonds. The normalized spacial score (nSPS) is 17.0. The number of pyridine rings is 1. The number of nitrogens with zero attached hydrogens (tertiary/aromatic N) is 2. The number of fused-ring (bicyclic) bond motifs is 1. The lowest BCUT2D eigenvalue weighted by Crippen LogP contribution is -2.42. The van der Waals surface area contributed by atoms with Crippen LogP contribution in [0.2, 0.25) is 0 Å². The molecule has 2 heterocycles. The maximum absolute atomic E-state index is 12.2. The molecule has 31 heavy (non-hydrogen) atoms. The first kappa shape index (κ1) is 19.9. The standard InChI is InChI=1S/C26H28N2O3/c1-17-24(30-2)10-7-20-15-21(16-27-25(17)20)18-5-8-22(9-6-18)31-23-11-13-28(14-12-23)26(29)19-3-4-19/h5-10,15-16,19,23H,3-4,11-14H2,1-2H3. The lowest BCUT2D eigenvalue weighted by molar-refractivity contribution is -0.134. The summed E-state index contributed by atoms with van der Waals surface area (Å²) >= 11 is 0. The summed E-state index contributed by atoms with van der Waals surface area (Å²) in [7, 11) is 1.68. The number of carbonyl (C=O) groups excluding carboxylic acids is 1. The molecule has 2 aliphatic rings. The smallest absolute Gasteiger partial charge is 0.225 e. The van der Waals surface area contributed by atoms with Crippen LogP contribution in [0.3, 0.4) is 0 Å². The maximum atomic E-state index is 12.2. The van der Waals surface area contributed by atoms with E-state index in [2.05, 4.69) is 29.2 Å². The minimum atomic E-state index is 0.175. The van der Waals surface area contributed by atoms with Crippen molar-refractivity contribution in [3.8, 4) is 22.6 Å². The molecule has 1 saturated heterocycles. The highest BCUT2D eigenvalue weighted by molar-refractivity contribution is 5.87. The van der Waals surface area contributed by atoms with Gasteiger partial charge in [-0.3, -0.25) is 9.78 Å². The molecular weight excluding hydrogens is 388 g/mol. The second kappa shape index (κ2) is 8.22. The lowest BCUT2D eigenvalue weighted by Gasteiger charge is -2.32. The molecule has 160 valence electrons. The third-order valence-electron chi connectivity index (χ3n) is 6.45. The first-order chi connectivity index (χ1) is 15.1. The lowest BCUT2D eigenvalue weighted by atomic mass is 10.0. The summed E-state index contributed by atoms with van der Waals surface area (Å²) in [4.78, 5) is 18.9. The highest BCUT2D eigenvalue weighted by Crippen LogP contribution is 2.33. The quantitative estimate of drug-likeness (QED) is 0.587. The number of hydrogen-bond donors (Lipinski definition) is 0. The van der Waals surface area contributed by atoms with Gasteiger partial charge >= 0.3 is 0 Å². The zero-order chi connectivity index (χ0) is 21.4. The van der Waals surface area contributed by atoms with Gasteiger partial charge in [-0.05, 0) is 55.7 Å². The van der Waals surface area contributed by atoms with Crippen molar-refractivity contribution in [2.75, 3.05) is 20.2 Å². The summed E-state index contributed by atoms with van der Waals surface area (Å²) in [5, 5.41) is 1.10. The Morgan fingerprint density at radius 3 is 2.42 bits per heavy atom. The molecule has 0 radical (unpaired) electrons. The van der Waals surface area contributed by atoms with Crippen molar-refractivity contribution in [2.45, 2.75) is 38.7 Å². The number of ether oxygens (including phenoxy) is 2. The Bertz CT molecular complexity index is 1100. The van der Waals surface area contributed by atoms with Crippen LogP contribution >= 0.6 is 0 Å². The van der Waals surface area contributed by atoms with Crippen molar-refractivity contribution in [1.29, 1.82) is 0 Å². The number of methoxy groups -OCH3 is 1. The summed E-state index contributed by atoms with van der Waals surface area (Å²) in [5.41, 5.74) is 4.21. The fourth-order valence-corrected chi connectivity index (χ4v) is 4.41. The largest absolute Gasteiger partial charge is 0.496 e.